The van der Waals surface area contributed by atoms with Crippen molar-refractivity contribution in [2.24, 2.45) is 0 Å². The van der Waals surface area contributed by atoms with E-state index in [1.54, 1.807) is 25.3 Å². The molecule has 1 aromatic heterocycles. The maximum absolute atomic E-state index is 12.3. The van der Waals surface area contributed by atoms with Crippen molar-refractivity contribution < 1.29 is 14.1 Å². The number of halogens is 1. The lowest BCUT2D eigenvalue weighted by atomic mass is 9.97. The summed E-state index contributed by atoms with van der Waals surface area (Å²) < 4.78 is 10.5. The highest BCUT2D eigenvalue weighted by molar-refractivity contribution is 6.31. The first-order valence-corrected chi connectivity index (χ1v) is 8.59. The van der Waals surface area contributed by atoms with Gasteiger partial charge in [-0.3, -0.25) is 9.69 Å². The molecule has 1 saturated heterocycles. The smallest absolute Gasteiger partial charge is 0.238 e. The second kappa shape index (κ2) is 7.84. The summed E-state index contributed by atoms with van der Waals surface area (Å²) in [6, 6.07) is 5.14. The molecule has 0 saturated carbocycles. The number of carbonyl (C=O) groups is 1. The number of anilines is 1. The summed E-state index contributed by atoms with van der Waals surface area (Å²) >= 11 is 5.99. The summed E-state index contributed by atoms with van der Waals surface area (Å²) in [7, 11) is 1.56. The zero-order valence-electron chi connectivity index (χ0n) is 14.3. The van der Waals surface area contributed by atoms with Crippen molar-refractivity contribution in [1.82, 2.24) is 15.0 Å². The Morgan fingerprint density at radius 3 is 2.84 bits per heavy atom. The number of ether oxygens (including phenoxy) is 1. The molecule has 1 aliphatic heterocycles. The van der Waals surface area contributed by atoms with Gasteiger partial charge in [0.1, 0.15) is 5.75 Å². The molecule has 0 unspecified atom stereocenters. The van der Waals surface area contributed by atoms with Crippen molar-refractivity contribution in [2.45, 2.75) is 25.7 Å². The number of amides is 1. The van der Waals surface area contributed by atoms with Crippen LogP contribution in [0.5, 0.6) is 5.75 Å². The van der Waals surface area contributed by atoms with Gasteiger partial charge in [-0.1, -0.05) is 16.8 Å². The molecule has 3 rings (SSSR count). The first-order chi connectivity index (χ1) is 12.0. The van der Waals surface area contributed by atoms with Crippen molar-refractivity contribution in [2.75, 3.05) is 32.1 Å². The second-order valence-corrected chi connectivity index (χ2v) is 6.56. The molecule has 7 nitrogen and oxygen atoms in total. The first-order valence-electron chi connectivity index (χ1n) is 8.21. The number of aromatic nitrogens is 2. The van der Waals surface area contributed by atoms with Gasteiger partial charge in [0.15, 0.2) is 5.82 Å². The normalized spacial score (nSPS) is 16.0. The van der Waals surface area contributed by atoms with Crippen LogP contribution in [0.3, 0.4) is 0 Å². The lowest BCUT2D eigenvalue weighted by Gasteiger charge is -2.29. The molecule has 0 radical (unpaired) electrons. The number of nitrogens with one attached hydrogen (secondary N) is 1. The summed E-state index contributed by atoms with van der Waals surface area (Å²) in [5, 5.41) is 7.26. The molecule has 1 aliphatic rings. The lowest BCUT2D eigenvalue weighted by Crippen LogP contribution is -2.38. The van der Waals surface area contributed by atoms with Crippen LogP contribution in [-0.2, 0) is 4.79 Å². The van der Waals surface area contributed by atoms with E-state index in [4.69, 9.17) is 20.9 Å². The number of hydrogen-bond donors (Lipinski definition) is 1. The van der Waals surface area contributed by atoms with E-state index < -0.39 is 0 Å². The number of likely N-dealkylation sites (tertiary alicyclic amines) is 1. The van der Waals surface area contributed by atoms with Crippen molar-refractivity contribution in [3.8, 4) is 5.75 Å². The molecule has 2 heterocycles. The number of nitrogens with zero attached hydrogens (tertiary/aromatic N) is 3. The summed E-state index contributed by atoms with van der Waals surface area (Å²) in [5.74, 6) is 2.13. The third-order valence-corrected chi connectivity index (χ3v) is 4.52. The Bertz CT molecular complexity index is 741. The van der Waals surface area contributed by atoms with E-state index in [0.717, 1.165) is 25.9 Å². The van der Waals surface area contributed by atoms with Gasteiger partial charge in [0.25, 0.3) is 0 Å². The van der Waals surface area contributed by atoms with Crippen molar-refractivity contribution in [1.29, 1.82) is 0 Å². The Balaban J connectivity index is 1.52. The van der Waals surface area contributed by atoms with Gasteiger partial charge in [-0.2, -0.15) is 4.98 Å². The summed E-state index contributed by atoms with van der Waals surface area (Å²) in [6.07, 6.45) is 1.80. The molecule has 1 aromatic carbocycles. The zero-order valence-corrected chi connectivity index (χ0v) is 15.0. The maximum atomic E-state index is 12.3. The highest BCUT2D eigenvalue weighted by Crippen LogP contribution is 2.28. The average molecular weight is 365 g/mol. The number of hydrogen-bond acceptors (Lipinski definition) is 6. The van der Waals surface area contributed by atoms with E-state index in [9.17, 15) is 4.79 Å². The fourth-order valence-electron chi connectivity index (χ4n) is 2.99. The van der Waals surface area contributed by atoms with Crippen molar-refractivity contribution in [3.05, 3.63) is 34.9 Å². The van der Waals surface area contributed by atoms with Gasteiger partial charge < -0.3 is 14.6 Å². The van der Waals surface area contributed by atoms with Crippen LogP contribution in [0.4, 0.5) is 5.69 Å². The van der Waals surface area contributed by atoms with Crippen LogP contribution in [0.15, 0.2) is 22.7 Å². The predicted molar refractivity (Wildman–Crippen MR) is 94.1 cm³/mol. The van der Waals surface area contributed by atoms with Gasteiger partial charge in [0.05, 0.1) is 19.3 Å². The molecule has 0 spiro atoms. The molecule has 0 aliphatic carbocycles. The number of rotatable bonds is 5. The number of methoxy groups -OCH3 is 1. The van der Waals surface area contributed by atoms with Crippen LogP contribution in [0, 0.1) is 6.92 Å². The number of piperidine rings is 1. The van der Waals surface area contributed by atoms with E-state index in [1.807, 2.05) is 6.92 Å². The number of benzene rings is 1. The molecule has 1 N–H and O–H groups in total. The minimum Gasteiger partial charge on any atom is -0.495 e. The van der Waals surface area contributed by atoms with Crippen LogP contribution < -0.4 is 10.1 Å². The lowest BCUT2D eigenvalue weighted by molar-refractivity contribution is -0.117. The molecule has 134 valence electrons. The Morgan fingerprint density at radius 1 is 1.44 bits per heavy atom. The number of aryl methyl sites for hydroxylation is 1. The average Bonchev–Trinajstić information content (AvgIpc) is 3.02. The van der Waals surface area contributed by atoms with E-state index in [2.05, 4.69) is 20.4 Å². The fourth-order valence-corrected chi connectivity index (χ4v) is 3.16. The maximum Gasteiger partial charge on any atom is 0.238 e. The predicted octanol–water partition coefficient (Wildman–Crippen LogP) is 2.86. The van der Waals surface area contributed by atoms with Gasteiger partial charge in [-0.15, -0.1) is 0 Å². The topological polar surface area (TPSA) is 80.5 Å². The highest BCUT2D eigenvalue weighted by atomic mass is 35.5. The van der Waals surface area contributed by atoms with Crippen LogP contribution in [0.1, 0.15) is 30.5 Å². The van der Waals surface area contributed by atoms with E-state index in [1.165, 1.54) is 0 Å². The Morgan fingerprint density at radius 2 is 2.20 bits per heavy atom. The van der Waals surface area contributed by atoms with E-state index >= 15 is 0 Å². The van der Waals surface area contributed by atoms with Crippen LogP contribution in [-0.4, -0.2) is 47.7 Å². The summed E-state index contributed by atoms with van der Waals surface area (Å²) in [4.78, 5) is 18.7. The van der Waals surface area contributed by atoms with Crippen molar-refractivity contribution in [3.63, 3.8) is 0 Å². The second-order valence-electron chi connectivity index (χ2n) is 6.12. The molecule has 1 fully saturated rings. The Labute approximate surface area is 151 Å². The zero-order chi connectivity index (χ0) is 17.8. The Hall–Kier alpha value is -2.12. The molecule has 2 aromatic rings. The van der Waals surface area contributed by atoms with Gasteiger partial charge in [0.2, 0.25) is 11.8 Å². The van der Waals surface area contributed by atoms with Crippen LogP contribution >= 0.6 is 11.6 Å². The molecule has 0 bridgehead atoms. The van der Waals surface area contributed by atoms with Gasteiger partial charge in [0, 0.05) is 10.9 Å². The van der Waals surface area contributed by atoms with E-state index in [0.29, 0.717) is 34.7 Å². The quantitative estimate of drug-likeness (QED) is 0.878. The minimum absolute atomic E-state index is 0.0901. The number of carbonyl (C=O) groups excluding carboxylic acids is 1. The van der Waals surface area contributed by atoms with Gasteiger partial charge in [-0.05, 0) is 51.1 Å². The van der Waals surface area contributed by atoms with Crippen molar-refractivity contribution >= 4 is 23.2 Å². The molecule has 1 amide bonds. The fraction of sp³-hybridized carbons (Fsp3) is 0.471. The summed E-state index contributed by atoms with van der Waals surface area (Å²) in [5.41, 5.74) is 0.580. The molecule has 8 heteroatoms. The third kappa shape index (κ3) is 4.49. The Kier molecular flexibility index (Phi) is 5.55. The van der Waals surface area contributed by atoms with Gasteiger partial charge >= 0.3 is 0 Å². The van der Waals surface area contributed by atoms with E-state index in [-0.39, 0.29) is 11.8 Å². The molecule has 0 atom stereocenters. The van der Waals surface area contributed by atoms with Gasteiger partial charge in [-0.25, -0.2) is 0 Å². The minimum atomic E-state index is -0.0901. The standard InChI is InChI=1S/C17H21ClN4O3/c1-11-19-17(25-21-11)12-5-7-22(8-6-12)10-16(23)20-14-9-13(18)3-4-15(14)24-2/h3-4,9,12H,5-8,10H2,1-2H3,(H,20,23). The van der Waals surface area contributed by atoms with Crippen LogP contribution in [0.25, 0.3) is 0 Å². The summed E-state index contributed by atoms with van der Waals surface area (Å²) in [6.45, 7) is 3.76. The highest BCUT2D eigenvalue weighted by Gasteiger charge is 2.25. The first kappa shape index (κ1) is 17.7. The monoisotopic (exact) mass is 364 g/mol. The third-order valence-electron chi connectivity index (χ3n) is 4.28. The SMILES string of the molecule is COc1ccc(Cl)cc1NC(=O)CN1CCC(c2nc(C)no2)CC1. The molecular weight excluding hydrogens is 344 g/mol. The van der Waals surface area contributed by atoms with Crippen LogP contribution in [0.2, 0.25) is 5.02 Å². The molecular formula is C17H21ClN4O3. The molecule has 25 heavy (non-hydrogen) atoms. The largest absolute Gasteiger partial charge is 0.495 e.